The lowest BCUT2D eigenvalue weighted by Crippen LogP contribution is -2.28. The molecule has 0 bridgehead atoms. The zero-order chi connectivity index (χ0) is 30.4. The Morgan fingerprint density at radius 2 is 1.34 bits per heavy atom. The standard InChI is InChI=1S/C36H29N2O4PS/c1-41-33-23-26(42-24-35(40)38-36-37-31-19-11-12-20-34(31)44-36)21-22-30(33)32(39)25-43(27-13-5-2-6-14-27,28-15-7-3-8-16-28)29-17-9-4-10-18-29/h2-23,25H,24H2,1H3,(H,37,38,40). The van der Waals surface area contributed by atoms with Crippen LogP contribution in [-0.2, 0) is 4.79 Å². The number of nitrogens with one attached hydrogen (secondary N) is 1. The molecule has 8 heteroatoms. The van der Waals surface area contributed by atoms with Crippen LogP contribution in [0, 0.1) is 0 Å². The fraction of sp³-hybridized carbons (Fsp3) is 0.0556. The van der Waals surface area contributed by atoms with Crippen molar-refractivity contribution in [2.24, 2.45) is 0 Å². The molecule has 0 fully saturated rings. The predicted octanol–water partition coefficient (Wildman–Crippen LogP) is 6.30. The van der Waals surface area contributed by atoms with Crippen molar-refractivity contribution in [2.75, 3.05) is 19.0 Å². The van der Waals surface area contributed by atoms with E-state index in [9.17, 15) is 9.59 Å². The maximum absolute atomic E-state index is 14.2. The normalized spacial score (nSPS) is 11.1. The zero-order valence-corrected chi connectivity index (χ0v) is 25.6. The summed E-state index contributed by atoms with van der Waals surface area (Å²) in [5.74, 6) is 2.15. The van der Waals surface area contributed by atoms with Gasteiger partial charge in [-0.2, -0.15) is 0 Å². The van der Waals surface area contributed by atoms with Gasteiger partial charge in [0.2, 0.25) is 0 Å². The summed E-state index contributed by atoms with van der Waals surface area (Å²) in [7, 11) is 1.52. The van der Waals surface area contributed by atoms with Gasteiger partial charge >= 0.3 is 0 Å². The molecule has 0 saturated carbocycles. The number of amides is 1. The number of fused-ring (bicyclic) bond motifs is 1. The molecule has 0 aliphatic carbocycles. The number of para-hydroxylation sites is 1. The van der Waals surface area contributed by atoms with Crippen LogP contribution in [0.3, 0.4) is 0 Å². The molecule has 218 valence electrons. The minimum atomic E-state index is -2.51. The number of anilines is 1. The molecular formula is C36H29N2O4PS. The van der Waals surface area contributed by atoms with E-state index in [1.165, 1.54) is 18.4 Å². The molecule has 1 amide bonds. The molecule has 6 rings (SSSR count). The topological polar surface area (TPSA) is 77.5 Å². The lowest BCUT2D eigenvalue weighted by Gasteiger charge is -2.28. The second kappa shape index (κ2) is 13.1. The van der Waals surface area contributed by atoms with Crippen LogP contribution in [-0.4, -0.2) is 36.2 Å². The average Bonchev–Trinajstić information content (AvgIpc) is 3.49. The molecule has 0 aliphatic rings. The first-order chi connectivity index (χ1) is 21.6. The maximum Gasteiger partial charge on any atom is 0.264 e. The van der Waals surface area contributed by atoms with E-state index in [-0.39, 0.29) is 18.3 Å². The van der Waals surface area contributed by atoms with Crippen molar-refractivity contribution in [1.29, 1.82) is 0 Å². The number of methoxy groups -OCH3 is 1. The van der Waals surface area contributed by atoms with Crippen molar-refractivity contribution in [2.45, 2.75) is 0 Å². The number of benzene rings is 5. The molecule has 0 unspecified atom stereocenters. The van der Waals surface area contributed by atoms with Crippen LogP contribution in [0.4, 0.5) is 5.13 Å². The molecular weight excluding hydrogens is 587 g/mol. The van der Waals surface area contributed by atoms with Crippen LogP contribution in [0.15, 0.2) is 133 Å². The number of Topliss-reactive ketones (excluding diaryl/α,β-unsaturated/α-hetero) is 1. The number of ether oxygens (including phenoxy) is 2. The number of hydrogen-bond acceptors (Lipinski definition) is 6. The van der Waals surface area contributed by atoms with Crippen molar-refractivity contribution in [3.8, 4) is 11.5 Å². The van der Waals surface area contributed by atoms with Gasteiger partial charge in [0.25, 0.3) is 5.91 Å². The molecule has 0 radical (unpaired) electrons. The summed E-state index contributed by atoms with van der Waals surface area (Å²) in [6.45, 7) is -2.73. The predicted molar refractivity (Wildman–Crippen MR) is 182 cm³/mol. The molecule has 6 aromatic rings. The Labute approximate surface area is 259 Å². The van der Waals surface area contributed by atoms with E-state index in [2.05, 4.69) is 46.7 Å². The van der Waals surface area contributed by atoms with Crippen molar-refractivity contribution in [3.63, 3.8) is 0 Å². The number of thiazole rings is 1. The van der Waals surface area contributed by atoms with E-state index in [4.69, 9.17) is 9.47 Å². The fourth-order valence-corrected chi connectivity index (χ4v) is 9.74. The number of ketones is 1. The number of carbonyl (C=O) groups is 2. The van der Waals surface area contributed by atoms with Crippen molar-refractivity contribution >= 4 is 67.0 Å². The van der Waals surface area contributed by atoms with Crippen molar-refractivity contribution in [1.82, 2.24) is 4.98 Å². The van der Waals surface area contributed by atoms with Gasteiger partial charge < -0.3 is 9.47 Å². The molecule has 1 heterocycles. The highest BCUT2D eigenvalue weighted by atomic mass is 32.1. The van der Waals surface area contributed by atoms with Gasteiger partial charge in [-0.05, 0) is 52.9 Å². The van der Waals surface area contributed by atoms with Gasteiger partial charge in [0.05, 0.1) is 22.9 Å². The first-order valence-electron chi connectivity index (χ1n) is 14.0. The Hall–Kier alpha value is -4.97. The summed E-state index contributed by atoms with van der Waals surface area (Å²) >= 11 is 1.40. The zero-order valence-electron chi connectivity index (χ0n) is 23.9. The Bertz CT molecular complexity index is 1840. The molecule has 5 aromatic carbocycles. The van der Waals surface area contributed by atoms with Gasteiger partial charge in [-0.15, -0.1) is 0 Å². The van der Waals surface area contributed by atoms with E-state index in [0.29, 0.717) is 22.2 Å². The third kappa shape index (κ3) is 6.06. The molecule has 6 nitrogen and oxygen atoms in total. The quantitative estimate of drug-likeness (QED) is 0.144. The molecule has 0 spiro atoms. The second-order valence-corrected chi connectivity index (χ2v) is 14.2. The van der Waals surface area contributed by atoms with Crippen molar-refractivity contribution < 1.29 is 19.1 Å². The first kappa shape index (κ1) is 29.1. The van der Waals surface area contributed by atoms with E-state index in [1.807, 2.05) is 84.7 Å². The van der Waals surface area contributed by atoms with Gasteiger partial charge in [0.1, 0.15) is 11.5 Å². The van der Waals surface area contributed by atoms with E-state index in [1.54, 1.807) is 18.2 Å². The minimum absolute atomic E-state index is 0.160. The Morgan fingerprint density at radius 3 is 1.91 bits per heavy atom. The van der Waals surface area contributed by atoms with Crippen LogP contribution in [0.1, 0.15) is 10.4 Å². The van der Waals surface area contributed by atoms with Crippen LogP contribution < -0.4 is 30.7 Å². The number of nitrogens with zero attached hydrogens (tertiary/aromatic N) is 1. The Kier molecular flexibility index (Phi) is 8.69. The summed E-state index contributed by atoms with van der Waals surface area (Å²) in [4.78, 5) is 31.2. The lowest BCUT2D eigenvalue weighted by atomic mass is 10.1. The summed E-state index contributed by atoms with van der Waals surface area (Å²) in [5, 5.41) is 6.52. The highest BCUT2D eigenvalue weighted by Crippen LogP contribution is 2.44. The van der Waals surface area contributed by atoms with Gasteiger partial charge in [0, 0.05) is 6.07 Å². The minimum Gasteiger partial charge on any atom is -0.496 e. The monoisotopic (exact) mass is 616 g/mol. The van der Waals surface area contributed by atoms with Gasteiger partial charge in [-0.1, -0.05) is 114 Å². The van der Waals surface area contributed by atoms with Crippen LogP contribution in [0.2, 0.25) is 0 Å². The van der Waals surface area contributed by atoms with Crippen LogP contribution in [0.25, 0.3) is 10.2 Å². The highest BCUT2D eigenvalue weighted by Gasteiger charge is 2.27. The van der Waals surface area contributed by atoms with E-state index >= 15 is 0 Å². The molecule has 0 aliphatic heterocycles. The molecule has 1 aromatic heterocycles. The van der Waals surface area contributed by atoms with Crippen LogP contribution in [0.5, 0.6) is 11.5 Å². The summed E-state index contributed by atoms with van der Waals surface area (Å²) in [6, 6.07) is 43.2. The smallest absolute Gasteiger partial charge is 0.264 e. The molecule has 0 saturated heterocycles. The van der Waals surface area contributed by atoms with Gasteiger partial charge in [0.15, 0.2) is 17.5 Å². The number of rotatable bonds is 10. The van der Waals surface area contributed by atoms with Gasteiger partial charge in [-0.25, -0.2) is 4.98 Å². The first-order valence-corrected chi connectivity index (χ1v) is 16.7. The average molecular weight is 617 g/mol. The third-order valence-corrected chi connectivity index (χ3v) is 12.1. The maximum atomic E-state index is 14.2. The SMILES string of the molecule is COc1cc(OCC(=O)Nc2nc3ccccc3s2)ccc1C(=O)C=P(c1ccccc1)(c1ccccc1)c1ccccc1. The summed E-state index contributed by atoms with van der Waals surface area (Å²) in [6.07, 6.45) is 0. The molecule has 0 atom stereocenters. The lowest BCUT2D eigenvalue weighted by molar-refractivity contribution is -0.118. The molecule has 44 heavy (non-hydrogen) atoms. The number of hydrogen-bond donors (Lipinski definition) is 1. The fourth-order valence-electron chi connectivity index (χ4n) is 5.10. The number of carbonyl (C=O) groups excluding carboxylic acids is 2. The van der Waals surface area contributed by atoms with Crippen molar-refractivity contribution in [3.05, 3.63) is 139 Å². The summed E-state index contributed by atoms with van der Waals surface area (Å²) < 4.78 is 12.4. The highest BCUT2D eigenvalue weighted by molar-refractivity contribution is 7.95. The second-order valence-electron chi connectivity index (χ2n) is 9.91. The van der Waals surface area contributed by atoms with Gasteiger partial charge in [-0.3, -0.25) is 14.9 Å². The third-order valence-electron chi connectivity index (χ3n) is 7.15. The Morgan fingerprint density at radius 1 is 0.773 bits per heavy atom. The van der Waals surface area contributed by atoms with E-state index in [0.717, 1.165) is 26.1 Å². The summed E-state index contributed by atoms with van der Waals surface area (Å²) in [5.41, 5.74) is 1.24. The molecule has 1 N–H and O–H groups in total. The number of aromatic nitrogens is 1. The van der Waals surface area contributed by atoms with Crippen LogP contribution >= 0.6 is 18.2 Å². The van der Waals surface area contributed by atoms with E-state index < -0.39 is 6.89 Å². The Balaban J connectivity index is 1.31. The largest absolute Gasteiger partial charge is 0.496 e.